The zero-order chi connectivity index (χ0) is 14.7. The van der Waals surface area contributed by atoms with Crippen molar-refractivity contribution in [2.75, 3.05) is 26.7 Å². The third-order valence-corrected chi connectivity index (χ3v) is 4.20. The highest BCUT2D eigenvalue weighted by Gasteiger charge is 2.21. The first kappa shape index (κ1) is 18.9. The van der Waals surface area contributed by atoms with E-state index < -0.39 is 0 Å². The van der Waals surface area contributed by atoms with E-state index in [-0.39, 0.29) is 6.10 Å². The van der Waals surface area contributed by atoms with Crippen molar-refractivity contribution in [1.82, 2.24) is 0 Å². The lowest BCUT2D eigenvalue weighted by Crippen LogP contribution is -2.47. The average molecular weight is 291 g/mol. The number of hydrogen-bond donors (Lipinski definition) is 1. The first-order valence-corrected chi connectivity index (χ1v) is 8.13. The summed E-state index contributed by atoms with van der Waals surface area (Å²) in [7, 11) is 2.24. The third-order valence-electron chi connectivity index (χ3n) is 3.76. The van der Waals surface area contributed by atoms with Crippen molar-refractivity contribution in [1.29, 1.82) is 0 Å². The lowest BCUT2D eigenvalue weighted by Gasteiger charge is -2.34. The lowest BCUT2D eigenvalue weighted by molar-refractivity contribution is -0.904. The standard InChI is InChI=1S/C16H33ClNO/c1-5-7-8-9-16(17)11-14-18(4,12-6-2)13-10-15(3)19/h6,15-16,19H,2,5,7-14H2,1,3-4H3/q+1. The van der Waals surface area contributed by atoms with Crippen molar-refractivity contribution in [2.45, 2.75) is 63.9 Å². The summed E-state index contributed by atoms with van der Waals surface area (Å²) in [5.41, 5.74) is 0. The molecule has 0 aromatic carbocycles. The van der Waals surface area contributed by atoms with Gasteiger partial charge in [0.1, 0.15) is 0 Å². The highest BCUT2D eigenvalue weighted by Crippen LogP contribution is 2.16. The van der Waals surface area contributed by atoms with Gasteiger partial charge in [-0.15, -0.1) is 11.6 Å². The molecule has 0 radical (unpaired) electrons. The molecular formula is C16H33ClNO+. The van der Waals surface area contributed by atoms with Gasteiger partial charge < -0.3 is 9.59 Å². The number of hydrogen-bond acceptors (Lipinski definition) is 1. The summed E-state index contributed by atoms with van der Waals surface area (Å²) in [6.45, 7) is 10.9. The number of halogens is 1. The van der Waals surface area contributed by atoms with Gasteiger partial charge in [0, 0.05) is 18.2 Å². The molecule has 114 valence electrons. The van der Waals surface area contributed by atoms with E-state index in [4.69, 9.17) is 11.6 Å². The Kier molecular flexibility index (Phi) is 10.7. The van der Waals surface area contributed by atoms with Gasteiger partial charge in [0.15, 0.2) is 0 Å². The predicted octanol–water partition coefficient (Wildman–Crippen LogP) is 3.97. The molecular weight excluding hydrogens is 258 g/mol. The number of alkyl halides is 1. The maximum atomic E-state index is 9.44. The van der Waals surface area contributed by atoms with Crippen LogP contribution in [-0.2, 0) is 0 Å². The summed E-state index contributed by atoms with van der Waals surface area (Å²) in [5.74, 6) is 0. The molecule has 0 saturated heterocycles. The van der Waals surface area contributed by atoms with Gasteiger partial charge in [-0.05, 0) is 19.4 Å². The minimum absolute atomic E-state index is 0.224. The number of aliphatic hydroxyl groups is 1. The molecule has 0 aliphatic carbocycles. The van der Waals surface area contributed by atoms with E-state index in [1.165, 1.54) is 19.3 Å². The molecule has 0 aliphatic heterocycles. The largest absolute Gasteiger partial charge is 0.393 e. The summed E-state index contributed by atoms with van der Waals surface area (Å²) in [5, 5.41) is 9.73. The van der Waals surface area contributed by atoms with E-state index in [9.17, 15) is 5.11 Å². The molecule has 0 heterocycles. The van der Waals surface area contributed by atoms with Crippen molar-refractivity contribution in [3.8, 4) is 0 Å². The molecule has 0 fully saturated rings. The molecule has 0 aliphatic rings. The van der Waals surface area contributed by atoms with Gasteiger partial charge in [-0.3, -0.25) is 0 Å². The van der Waals surface area contributed by atoms with Crippen LogP contribution in [0.5, 0.6) is 0 Å². The van der Waals surface area contributed by atoms with Crippen molar-refractivity contribution < 1.29 is 9.59 Å². The molecule has 0 rings (SSSR count). The molecule has 0 aromatic rings. The van der Waals surface area contributed by atoms with Crippen LogP contribution in [0, 0.1) is 0 Å². The van der Waals surface area contributed by atoms with Crippen LogP contribution in [0.25, 0.3) is 0 Å². The van der Waals surface area contributed by atoms with Crippen LogP contribution in [0.1, 0.15) is 52.4 Å². The van der Waals surface area contributed by atoms with Crippen LogP contribution in [0.2, 0.25) is 0 Å². The zero-order valence-electron chi connectivity index (χ0n) is 13.1. The van der Waals surface area contributed by atoms with Gasteiger partial charge in [-0.2, -0.15) is 0 Å². The fourth-order valence-corrected chi connectivity index (χ4v) is 2.57. The minimum Gasteiger partial charge on any atom is -0.393 e. The van der Waals surface area contributed by atoms with Gasteiger partial charge in [-0.25, -0.2) is 0 Å². The smallest absolute Gasteiger partial charge is 0.0969 e. The van der Waals surface area contributed by atoms with Gasteiger partial charge in [0.2, 0.25) is 0 Å². The van der Waals surface area contributed by atoms with Gasteiger partial charge in [0.25, 0.3) is 0 Å². The lowest BCUT2D eigenvalue weighted by atomic mass is 10.1. The molecule has 0 bridgehead atoms. The van der Waals surface area contributed by atoms with Crippen molar-refractivity contribution in [3.05, 3.63) is 12.7 Å². The molecule has 0 aromatic heterocycles. The summed E-state index contributed by atoms with van der Waals surface area (Å²) in [6.07, 6.45) is 8.54. The number of nitrogens with zero attached hydrogens (tertiary/aromatic N) is 1. The Labute approximate surface area is 125 Å². The Morgan fingerprint density at radius 3 is 2.37 bits per heavy atom. The van der Waals surface area contributed by atoms with Crippen LogP contribution >= 0.6 is 11.6 Å². The van der Waals surface area contributed by atoms with E-state index >= 15 is 0 Å². The molecule has 3 unspecified atom stereocenters. The maximum Gasteiger partial charge on any atom is 0.0969 e. The van der Waals surface area contributed by atoms with E-state index in [1.54, 1.807) is 0 Å². The molecule has 0 amide bonds. The number of rotatable bonds is 12. The van der Waals surface area contributed by atoms with Gasteiger partial charge >= 0.3 is 0 Å². The topological polar surface area (TPSA) is 20.2 Å². The fraction of sp³-hybridized carbons (Fsp3) is 0.875. The fourth-order valence-electron chi connectivity index (χ4n) is 2.32. The van der Waals surface area contributed by atoms with Crippen molar-refractivity contribution in [2.24, 2.45) is 0 Å². The van der Waals surface area contributed by atoms with Crippen molar-refractivity contribution >= 4 is 11.6 Å². The first-order chi connectivity index (χ1) is 8.93. The second-order valence-corrected chi connectivity index (χ2v) is 6.67. The summed E-state index contributed by atoms with van der Waals surface area (Å²) >= 11 is 6.40. The van der Waals surface area contributed by atoms with Gasteiger partial charge in [-0.1, -0.05) is 32.8 Å². The zero-order valence-corrected chi connectivity index (χ0v) is 13.8. The highest BCUT2D eigenvalue weighted by molar-refractivity contribution is 6.20. The Balaban J connectivity index is 4.07. The Hall–Kier alpha value is -0.0500. The average Bonchev–Trinajstić information content (AvgIpc) is 2.35. The quantitative estimate of drug-likeness (QED) is 0.250. The predicted molar refractivity (Wildman–Crippen MR) is 85.7 cm³/mol. The van der Waals surface area contributed by atoms with Gasteiger partial charge in [0.05, 0.1) is 32.8 Å². The molecule has 3 atom stereocenters. The number of aliphatic hydroxyl groups excluding tert-OH is 1. The van der Waals surface area contributed by atoms with Crippen molar-refractivity contribution in [3.63, 3.8) is 0 Å². The molecule has 3 heteroatoms. The van der Waals surface area contributed by atoms with Crippen LogP contribution in [0.3, 0.4) is 0 Å². The second kappa shape index (κ2) is 10.7. The van der Waals surface area contributed by atoms with Crippen LogP contribution in [0.15, 0.2) is 12.7 Å². The second-order valence-electron chi connectivity index (χ2n) is 6.06. The highest BCUT2D eigenvalue weighted by atomic mass is 35.5. The first-order valence-electron chi connectivity index (χ1n) is 7.70. The number of quaternary nitrogens is 1. The number of unbranched alkanes of at least 4 members (excludes halogenated alkanes) is 2. The summed E-state index contributed by atoms with van der Waals surface area (Å²) in [6, 6.07) is 0. The molecule has 2 nitrogen and oxygen atoms in total. The molecule has 0 saturated carbocycles. The van der Waals surface area contributed by atoms with Crippen LogP contribution in [-0.4, -0.2) is 47.8 Å². The Morgan fingerprint density at radius 1 is 1.21 bits per heavy atom. The normalized spacial score (nSPS) is 17.7. The SMILES string of the molecule is C=CC[N+](C)(CCC(C)O)CCC(Cl)CCCCC. The molecule has 0 spiro atoms. The van der Waals surface area contributed by atoms with E-state index in [2.05, 4.69) is 20.6 Å². The maximum absolute atomic E-state index is 9.44. The third kappa shape index (κ3) is 10.4. The monoisotopic (exact) mass is 290 g/mol. The summed E-state index contributed by atoms with van der Waals surface area (Å²) in [4.78, 5) is 0. The van der Waals surface area contributed by atoms with E-state index in [0.29, 0.717) is 5.38 Å². The Morgan fingerprint density at radius 2 is 1.84 bits per heavy atom. The van der Waals surface area contributed by atoms with E-state index in [0.717, 1.165) is 43.4 Å². The van der Waals surface area contributed by atoms with Crippen LogP contribution in [0.4, 0.5) is 0 Å². The molecule has 19 heavy (non-hydrogen) atoms. The van der Waals surface area contributed by atoms with E-state index in [1.807, 2.05) is 13.0 Å². The van der Waals surface area contributed by atoms with Crippen LogP contribution < -0.4 is 0 Å². The molecule has 1 N–H and O–H groups in total. The summed E-state index contributed by atoms with van der Waals surface area (Å²) < 4.78 is 0.936. The minimum atomic E-state index is -0.224. The Bertz CT molecular complexity index is 233. The number of likely N-dealkylation sites (N-methyl/N-ethyl adjacent to an activating group) is 1.